The average molecular weight is 388 g/mol. The molecule has 2 aromatic heterocycles. The van der Waals surface area contributed by atoms with Gasteiger partial charge in [-0.3, -0.25) is 0 Å². The summed E-state index contributed by atoms with van der Waals surface area (Å²) in [4.78, 5) is 11.3. The van der Waals surface area contributed by atoms with Gasteiger partial charge in [-0.25, -0.2) is 4.68 Å². The molecule has 2 N–H and O–H groups in total. The maximum Gasteiger partial charge on any atom is 0.229 e. The number of aliphatic hydroxyl groups is 1. The minimum atomic E-state index is 0.0236. The molecule has 0 spiro atoms. The molecular formula is C22H24N6O. The Morgan fingerprint density at radius 3 is 2.55 bits per heavy atom. The largest absolute Gasteiger partial charge is 0.395 e. The Hall–Kier alpha value is -3.45. The molecule has 4 rings (SSSR count). The van der Waals surface area contributed by atoms with Crippen LogP contribution >= 0.6 is 0 Å². The summed E-state index contributed by atoms with van der Waals surface area (Å²) in [6.07, 6.45) is 1.78. The highest BCUT2D eigenvalue weighted by Gasteiger charge is 2.16. The molecule has 0 aliphatic rings. The number of para-hydroxylation sites is 1. The molecule has 0 aliphatic heterocycles. The van der Waals surface area contributed by atoms with Crippen molar-refractivity contribution in [1.29, 1.82) is 0 Å². The normalized spacial score (nSPS) is 11.0. The fourth-order valence-electron chi connectivity index (χ4n) is 3.13. The van der Waals surface area contributed by atoms with Crippen LogP contribution < -0.4 is 10.2 Å². The van der Waals surface area contributed by atoms with Crippen LogP contribution in [0.3, 0.4) is 0 Å². The van der Waals surface area contributed by atoms with Crippen LogP contribution in [0.25, 0.3) is 16.7 Å². The van der Waals surface area contributed by atoms with Gasteiger partial charge in [-0.1, -0.05) is 24.3 Å². The highest BCUT2D eigenvalue weighted by Crippen LogP contribution is 2.28. The first-order valence-corrected chi connectivity index (χ1v) is 9.54. The van der Waals surface area contributed by atoms with Gasteiger partial charge in [0, 0.05) is 19.3 Å². The molecule has 0 bridgehead atoms. The molecule has 148 valence electrons. The lowest BCUT2D eigenvalue weighted by atomic mass is 10.1. The second-order valence-electron chi connectivity index (χ2n) is 7.07. The van der Waals surface area contributed by atoms with Gasteiger partial charge >= 0.3 is 0 Å². The number of nitrogens with zero attached hydrogens (tertiary/aromatic N) is 5. The Bertz CT molecular complexity index is 1140. The fourth-order valence-corrected chi connectivity index (χ4v) is 3.13. The number of fused-ring (bicyclic) bond motifs is 1. The first kappa shape index (κ1) is 18.9. The van der Waals surface area contributed by atoms with Crippen molar-refractivity contribution in [1.82, 2.24) is 19.7 Å². The zero-order valence-corrected chi connectivity index (χ0v) is 16.8. The van der Waals surface area contributed by atoms with Crippen LogP contribution in [-0.4, -0.2) is 45.1 Å². The van der Waals surface area contributed by atoms with E-state index in [4.69, 9.17) is 9.97 Å². The highest BCUT2D eigenvalue weighted by molar-refractivity contribution is 5.90. The monoisotopic (exact) mass is 388 g/mol. The molecule has 0 unspecified atom stereocenters. The third-order valence-corrected chi connectivity index (χ3v) is 4.96. The van der Waals surface area contributed by atoms with Crippen LogP contribution in [0.4, 0.5) is 17.5 Å². The summed E-state index contributed by atoms with van der Waals surface area (Å²) in [5.74, 6) is 1.20. The number of hydrogen-bond acceptors (Lipinski definition) is 6. The van der Waals surface area contributed by atoms with E-state index >= 15 is 0 Å². The maximum atomic E-state index is 9.33. The van der Waals surface area contributed by atoms with E-state index in [1.54, 1.807) is 10.9 Å². The number of anilines is 3. The molecule has 7 nitrogen and oxygen atoms in total. The number of aromatic nitrogens is 4. The summed E-state index contributed by atoms with van der Waals surface area (Å²) in [5.41, 5.74) is 5.03. The topological polar surface area (TPSA) is 79.1 Å². The summed E-state index contributed by atoms with van der Waals surface area (Å²) in [6.45, 7) is 4.64. The van der Waals surface area contributed by atoms with Crippen LogP contribution in [0.5, 0.6) is 0 Å². The number of aliphatic hydroxyl groups excluding tert-OH is 1. The molecule has 4 aromatic rings. The molecule has 29 heavy (non-hydrogen) atoms. The van der Waals surface area contributed by atoms with E-state index < -0.39 is 0 Å². The van der Waals surface area contributed by atoms with Gasteiger partial charge < -0.3 is 15.3 Å². The van der Waals surface area contributed by atoms with Crippen molar-refractivity contribution in [3.63, 3.8) is 0 Å². The zero-order chi connectivity index (χ0) is 20.4. The molecule has 0 aliphatic carbocycles. The van der Waals surface area contributed by atoms with E-state index in [2.05, 4.69) is 36.4 Å². The Morgan fingerprint density at radius 1 is 1.03 bits per heavy atom. The zero-order valence-electron chi connectivity index (χ0n) is 16.8. The third kappa shape index (κ3) is 3.77. The van der Waals surface area contributed by atoms with Crippen molar-refractivity contribution < 1.29 is 5.11 Å². The number of aryl methyl sites for hydroxylation is 2. The second-order valence-corrected chi connectivity index (χ2v) is 7.07. The van der Waals surface area contributed by atoms with E-state index in [-0.39, 0.29) is 6.61 Å². The maximum absolute atomic E-state index is 9.33. The summed E-state index contributed by atoms with van der Waals surface area (Å²) in [7, 11) is 1.86. The quantitative estimate of drug-likeness (QED) is 0.525. The van der Waals surface area contributed by atoms with Crippen LogP contribution in [-0.2, 0) is 0 Å². The van der Waals surface area contributed by atoms with Crippen molar-refractivity contribution in [2.75, 3.05) is 30.4 Å². The predicted octanol–water partition coefficient (Wildman–Crippen LogP) is 3.60. The Balaban J connectivity index is 1.85. The minimum Gasteiger partial charge on any atom is -0.395 e. The van der Waals surface area contributed by atoms with E-state index in [9.17, 15) is 5.11 Å². The van der Waals surface area contributed by atoms with Crippen molar-refractivity contribution in [2.24, 2.45) is 0 Å². The van der Waals surface area contributed by atoms with Gasteiger partial charge in [-0.2, -0.15) is 15.1 Å². The van der Waals surface area contributed by atoms with Crippen molar-refractivity contribution in [3.8, 4) is 5.69 Å². The van der Waals surface area contributed by atoms with Gasteiger partial charge in [0.15, 0.2) is 5.65 Å². The van der Waals surface area contributed by atoms with Gasteiger partial charge in [0.25, 0.3) is 0 Å². The SMILES string of the molecule is Cc1ccc(Nc2nc(N(C)CCO)nc3c2cnn3-c2ccccc2)cc1C. The summed E-state index contributed by atoms with van der Waals surface area (Å²) in [5, 5.41) is 18.1. The van der Waals surface area contributed by atoms with Crippen LogP contribution in [0, 0.1) is 13.8 Å². The van der Waals surface area contributed by atoms with Gasteiger partial charge in [-0.05, 0) is 49.2 Å². The summed E-state index contributed by atoms with van der Waals surface area (Å²) >= 11 is 0. The Morgan fingerprint density at radius 2 is 1.83 bits per heavy atom. The number of likely N-dealkylation sites (N-methyl/N-ethyl adjacent to an activating group) is 1. The molecule has 0 saturated heterocycles. The van der Waals surface area contributed by atoms with E-state index in [0.29, 0.717) is 24.0 Å². The van der Waals surface area contributed by atoms with Crippen molar-refractivity contribution in [3.05, 3.63) is 65.9 Å². The van der Waals surface area contributed by atoms with Gasteiger partial charge in [-0.15, -0.1) is 0 Å². The average Bonchev–Trinajstić information content (AvgIpc) is 3.16. The van der Waals surface area contributed by atoms with E-state index in [1.165, 1.54) is 11.1 Å². The predicted molar refractivity (Wildman–Crippen MR) is 116 cm³/mol. The van der Waals surface area contributed by atoms with E-state index in [0.717, 1.165) is 16.8 Å². The Labute approximate surface area is 169 Å². The van der Waals surface area contributed by atoms with Gasteiger partial charge in [0.1, 0.15) is 5.82 Å². The standard InChI is InChI=1S/C22H24N6O/c1-15-9-10-17(13-16(15)2)24-20-19-14-23-28(18-7-5-4-6-8-18)21(19)26-22(25-20)27(3)11-12-29/h4-10,13-14,29H,11-12H2,1-3H3,(H,24,25,26). The molecule has 2 heterocycles. The fraction of sp³-hybridized carbons (Fsp3) is 0.227. The number of benzene rings is 2. The van der Waals surface area contributed by atoms with Crippen molar-refractivity contribution in [2.45, 2.75) is 13.8 Å². The molecular weight excluding hydrogens is 364 g/mol. The smallest absolute Gasteiger partial charge is 0.229 e. The minimum absolute atomic E-state index is 0.0236. The molecule has 0 amide bonds. The van der Waals surface area contributed by atoms with Crippen molar-refractivity contribution >= 4 is 28.5 Å². The Kier molecular flexibility index (Phi) is 5.14. The summed E-state index contributed by atoms with van der Waals surface area (Å²) in [6, 6.07) is 16.1. The molecule has 0 saturated carbocycles. The third-order valence-electron chi connectivity index (χ3n) is 4.96. The summed E-state index contributed by atoms with van der Waals surface area (Å²) < 4.78 is 1.80. The first-order valence-electron chi connectivity index (χ1n) is 9.54. The number of nitrogens with one attached hydrogen (secondary N) is 1. The molecule has 0 atom stereocenters. The number of rotatable bonds is 6. The number of hydrogen-bond donors (Lipinski definition) is 2. The highest BCUT2D eigenvalue weighted by atomic mass is 16.3. The second kappa shape index (κ2) is 7.89. The van der Waals surface area contributed by atoms with Crippen LogP contribution in [0.15, 0.2) is 54.7 Å². The lowest BCUT2D eigenvalue weighted by molar-refractivity contribution is 0.303. The van der Waals surface area contributed by atoms with Gasteiger partial charge in [0.2, 0.25) is 5.95 Å². The lowest BCUT2D eigenvalue weighted by Crippen LogP contribution is -2.23. The lowest BCUT2D eigenvalue weighted by Gasteiger charge is -2.17. The molecule has 2 aromatic carbocycles. The molecule has 7 heteroatoms. The molecule has 0 fully saturated rings. The van der Waals surface area contributed by atoms with Crippen LogP contribution in [0.1, 0.15) is 11.1 Å². The van der Waals surface area contributed by atoms with Gasteiger partial charge in [0.05, 0.1) is 23.9 Å². The van der Waals surface area contributed by atoms with E-state index in [1.807, 2.05) is 48.3 Å². The molecule has 0 radical (unpaired) electrons. The first-order chi connectivity index (χ1) is 14.1. The van der Waals surface area contributed by atoms with Crippen LogP contribution in [0.2, 0.25) is 0 Å².